The molecule has 3 nitrogen and oxygen atoms in total. The summed E-state index contributed by atoms with van der Waals surface area (Å²) in [6.45, 7) is 3.92. The van der Waals surface area contributed by atoms with Gasteiger partial charge in [0.2, 0.25) is 11.8 Å². The number of benzene rings is 2. The molecule has 0 bridgehead atoms. The van der Waals surface area contributed by atoms with Crippen molar-refractivity contribution < 1.29 is 9.59 Å². The van der Waals surface area contributed by atoms with Crippen LogP contribution in [-0.4, -0.2) is 11.8 Å². The van der Waals surface area contributed by atoms with Gasteiger partial charge in [0.25, 0.3) is 0 Å². The summed E-state index contributed by atoms with van der Waals surface area (Å²) in [7, 11) is 0. The Kier molecular flexibility index (Phi) is 4.22. The molecule has 2 amide bonds. The molecule has 23 heavy (non-hydrogen) atoms. The topological polar surface area (TPSA) is 37.4 Å². The van der Waals surface area contributed by atoms with Crippen LogP contribution in [0.5, 0.6) is 0 Å². The molecule has 1 aliphatic heterocycles. The minimum atomic E-state index is -0.302. The maximum Gasteiger partial charge on any atom is 0.237 e. The fourth-order valence-corrected chi connectivity index (χ4v) is 3.19. The van der Waals surface area contributed by atoms with Crippen LogP contribution < -0.4 is 4.90 Å². The number of hydrogen-bond donors (Lipinski definition) is 0. The van der Waals surface area contributed by atoms with Gasteiger partial charge in [-0.25, -0.2) is 0 Å². The standard InChI is InChI=1S/C19H18ClNO2/c1-12-3-8-17(13(2)9-12)21-18(22)11-15(19(21)23)10-14-4-6-16(20)7-5-14/h3-9,15H,10-11H2,1-2H3/t15-/m0/s1. The van der Waals surface area contributed by atoms with Crippen molar-refractivity contribution in [1.82, 2.24) is 0 Å². The first-order valence-electron chi connectivity index (χ1n) is 7.64. The van der Waals surface area contributed by atoms with E-state index in [1.54, 1.807) is 12.1 Å². The van der Waals surface area contributed by atoms with E-state index in [2.05, 4.69) is 0 Å². The van der Waals surface area contributed by atoms with Gasteiger partial charge < -0.3 is 0 Å². The van der Waals surface area contributed by atoms with Crippen molar-refractivity contribution in [3.8, 4) is 0 Å². The summed E-state index contributed by atoms with van der Waals surface area (Å²) in [5.74, 6) is -0.540. The van der Waals surface area contributed by atoms with Crippen molar-refractivity contribution in [3.05, 3.63) is 64.2 Å². The zero-order chi connectivity index (χ0) is 16.6. The van der Waals surface area contributed by atoms with E-state index in [4.69, 9.17) is 11.6 Å². The molecule has 1 saturated heterocycles. The molecule has 0 unspecified atom stereocenters. The number of nitrogens with zero attached hydrogens (tertiary/aromatic N) is 1. The van der Waals surface area contributed by atoms with Crippen molar-refractivity contribution in [3.63, 3.8) is 0 Å². The lowest BCUT2D eigenvalue weighted by atomic mass is 9.98. The van der Waals surface area contributed by atoms with Crippen LogP contribution in [0, 0.1) is 19.8 Å². The maximum atomic E-state index is 12.7. The Morgan fingerprint density at radius 3 is 2.43 bits per heavy atom. The average Bonchev–Trinajstić information content (AvgIpc) is 2.77. The molecule has 4 heteroatoms. The summed E-state index contributed by atoms with van der Waals surface area (Å²) >= 11 is 5.88. The number of imide groups is 1. The molecule has 1 aliphatic rings. The number of amides is 2. The summed E-state index contributed by atoms with van der Waals surface area (Å²) in [4.78, 5) is 26.4. The quantitative estimate of drug-likeness (QED) is 0.797. The van der Waals surface area contributed by atoms with Gasteiger partial charge in [-0.15, -0.1) is 0 Å². The third-order valence-corrected chi connectivity index (χ3v) is 4.48. The minimum absolute atomic E-state index is 0.114. The molecule has 0 radical (unpaired) electrons. The summed E-state index contributed by atoms with van der Waals surface area (Å²) in [6.07, 6.45) is 0.817. The van der Waals surface area contributed by atoms with Gasteiger partial charge in [0.05, 0.1) is 11.6 Å². The first-order chi connectivity index (χ1) is 11.0. The lowest BCUT2D eigenvalue weighted by Crippen LogP contribution is -2.31. The molecular weight excluding hydrogens is 310 g/mol. The van der Waals surface area contributed by atoms with Crippen molar-refractivity contribution >= 4 is 29.1 Å². The molecule has 2 aromatic carbocycles. The second kappa shape index (κ2) is 6.17. The third-order valence-electron chi connectivity index (χ3n) is 4.23. The number of anilines is 1. The highest BCUT2D eigenvalue weighted by Gasteiger charge is 2.39. The van der Waals surface area contributed by atoms with E-state index >= 15 is 0 Å². The van der Waals surface area contributed by atoms with Crippen LogP contribution >= 0.6 is 11.6 Å². The van der Waals surface area contributed by atoms with Gasteiger partial charge in [0.1, 0.15) is 0 Å². The van der Waals surface area contributed by atoms with Gasteiger partial charge in [-0.3, -0.25) is 14.5 Å². The number of aryl methyl sites for hydroxylation is 2. The van der Waals surface area contributed by atoms with E-state index < -0.39 is 0 Å². The largest absolute Gasteiger partial charge is 0.274 e. The van der Waals surface area contributed by atoms with E-state index in [0.29, 0.717) is 17.1 Å². The molecule has 118 valence electrons. The van der Waals surface area contributed by atoms with Gasteiger partial charge in [0, 0.05) is 11.4 Å². The number of carbonyl (C=O) groups excluding carboxylic acids is 2. The highest BCUT2D eigenvalue weighted by molar-refractivity contribution is 6.30. The molecular formula is C19H18ClNO2. The van der Waals surface area contributed by atoms with E-state index in [1.165, 1.54) is 4.90 Å². The highest BCUT2D eigenvalue weighted by Crippen LogP contribution is 2.31. The smallest absolute Gasteiger partial charge is 0.237 e. The zero-order valence-corrected chi connectivity index (χ0v) is 13.9. The highest BCUT2D eigenvalue weighted by atomic mass is 35.5. The lowest BCUT2D eigenvalue weighted by Gasteiger charge is -2.18. The van der Waals surface area contributed by atoms with Crippen LogP contribution in [0.3, 0.4) is 0 Å². The average molecular weight is 328 g/mol. The monoisotopic (exact) mass is 327 g/mol. The van der Waals surface area contributed by atoms with Crippen molar-refractivity contribution in [2.45, 2.75) is 26.7 Å². The van der Waals surface area contributed by atoms with Crippen molar-refractivity contribution in [2.75, 3.05) is 4.90 Å². The predicted octanol–water partition coefficient (Wildman–Crippen LogP) is 4.08. The summed E-state index contributed by atoms with van der Waals surface area (Å²) < 4.78 is 0. The summed E-state index contributed by atoms with van der Waals surface area (Å²) in [5.41, 5.74) is 3.77. The molecule has 0 saturated carbocycles. The predicted molar refractivity (Wildman–Crippen MR) is 91.7 cm³/mol. The molecule has 1 heterocycles. The molecule has 0 N–H and O–H groups in total. The Balaban J connectivity index is 1.83. The van der Waals surface area contributed by atoms with E-state index in [-0.39, 0.29) is 24.2 Å². The number of hydrogen-bond acceptors (Lipinski definition) is 2. The minimum Gasteiger partial charge on any atom is -0.274 e. The first-order valence-corrected chi connectivity index (χ1v) is 8.02. The fraction of sp³-hybridized carbons (Fsp3) is 0.263. The Morgan fingerprint density at radius 2 is 1.78 bits per heavy atom. The molecule has 0 aliphatic carbocycles. The van der Waals surface area contributed by atoms with Gasteiger partial charge in [-0.05, 0) is 49.6 Å². The van der Waals surface area contributed by atoms with E-state index in [9.17, 15) is 9.59 Å². The number of halogens is 1. The molecule has 0 spiro atoms. The van der Waals surface area contributed by atoms with E-state index in [0.717, 1.165) is 16.7 Å². The van der Waals surface area contributed by atoms with E-state index in [1.807, 2.05) is 44.2 Å². The van der Waals surface area contributed by atoms with Crippen LogP contribution in [0.4, 0.5) is 5.69 Å². The second-order valence-corrected chi connectivity index (χ2v) is 6.53. The molecule has 1 atom stereocenters. The van der Waals surface area contributed by atoms with Crippen molar-refractivity contribution in [1.29, 1.82) is 0 Å². The zero-order valence-electron chi connectivity index (χ0n) is 13.2. The Morgan fingerprint density at radius 1 is 1.09 bits per heavy atom. The maximum absolute atomic E-state index is 12.7. The first kappa shape index (κ1) is 15.8. The number of carbonyl (C=O) groups is 2. The van der Waals surface area contributed by atoms with Crippen LogP contribution in [0.15, 0.2) is 42.5 Å². The van der Waals surface area contributed by atoms with Gasteiger partial charge in [-0.2, -0.15) is 0 Å². The molecule has 0 aromatic heterocycles. The lowest BCUT2D eigenvalue weighted by molar-refractivity contribution is -0.122. The fourth-order valence-electron chi connectivity index (χ4n) is 3.07. The second-order valence-electron chi connectivity index (χ2n) is 6.09. The van der Waals surface area contributed by atoms with Gasteiger partial charge >= 0.3 is 0 Å². The SMILES string of the molecule is Cc1ccc(N2C(=O)C[C@H](Cc3ccc(Cl)cc3)C2=O)c(C)c1. The van der Waals surface area contributed by atoms with Crippen LogP contribution in [0.25, 0.3) is 0 Å². The van der Waals surface area contributed by atoms with Crippen LogP contribution in [0.2, 0.25) is 5.02 Å². The summed E-state index contributed by atoms with van der Waals surface area (Å²) in [5, 5.41) is 0.666. The summed E-state index contributed by atoms with van der Waals surface area (Å²) in [6, 6.07) is 13.2. The van der Waals surface area contributed by atoms with Crippen LogP contribution in [0.1, 0.15) is 23.1 Å². The van der Waals surface area contributed by atoms with Crippen molar-refractivity contribution in [2.24, 2.45) is 5.92 Å². The molecule has 1 fully saturated rings. The Hall–Kier alpha value is -2.13. The molecule has 3 rings (SSSR count). The normalized spacial score (nSPS) is 17.9. The number of rotatable bonds is 3. The third kappa shape index (κ3) is 3.15. The Bertz CT molecular complexity index is 767. The van der Waals surface area contributed by atoms with Gasteiger partial charge in [-0.1, -0.05) is 41.4 Å². The van der Waals surface area contributed by atoms with Crippen LogP contribution in [-0.2, 0) is 16.0 Å². The Labute approximate surface area is 140 Å². The van der Waals surface area contributed by atoms with Gasteiger partial charge in [0.15, 0.2) is 0 Å². The molecule has 2 aromatic rings.